The normalized spacial score (nSPS) is 19.6. The van der Waals surface area contributed by atoms with Crippen molar-refractivity contribution in [2.24, 2.45) is 5.73 Å². The highest BCUT2D eigenvalue weighted by Gasteiger charge is 2.28. The van der Waals surface area contributed by atoms with Crippen LogP contribution < -0.4 is 21.3 Å². The zero-order chi connectivity index (χ0) is 29.1. The van der Waals surface area contributed by atoms with E-state index < -0.39 is 5.91 Å². The van der Waals surface area contributed by atoms with Crippen LogP contribution in [0.4, 0.5) is 23.0 Å². The molecule has 3 saturated heterocycles. The van der Waals surface area contributed by atoms with Crippen molar-refractivity contribution in [2.45, 2.75) is 44.7 Å². The van der Waals surface area contributed by atoms with E-state index in [0.29, 0.717) is 42.3 Å². The van der Waals surface area contributed by atoms with Gasteiger partial charge in [-0.05, 0) is 63.4 Å². The molecule has 0 radical (unpaired) electrons. The summed E-state index contributed by atoms with van der Waals surface area (Å²) in [7, 11) is 2.21. The first-order valence-electron chi connectivity index (χ1n) is 14.9. The number of primary amides is 1. The molecular formula is C30H41N9O3. The van der Waals surface area contributed by atoms with Gasteiger partial charge in [-0.2, -0.15) is 0 Å². The minimum Gasteiger partial charge on any atom is -0.442 e. The number of aromatic nitrogens is 3. The summed E-state index contributed by atoms with van der Waals surface area (Å²) in [6.07, 6.45) is 6.91. The summed E-state index contributed by atoms with van der Waals surface area (Å²) < 4.78 is 11.0. The van der Waals surface area contributed by atoms with Gasteiger partial charge in [0.05, 0.1) is 6.20 Å². The van der Waals surface area contributed by atoms with Crippen LogP contribution in [0.2, 0.25) is 0 Å². The summed E-state index contributed by atoms with van der Waals surface area (Å²) in [5.74, 6) is 0.519. The molecular weight excluding hydrogens is 534 g/mol. The standard InChI is InChI=1S/C30H41N9O3/c1-20-17-22(3-4-24(20)39-9-5-23(6-10-39)38-13-11-37(2)12-14-38)34-30-27(28(31)40)35-26(25-18-32-19-42-25)29(36-30)33-21-7-15-41-16-8-21/h3-4,17-19,21,23H,5-16H2,1-2H3,(H2,31,40)(H2,33,34,36). The number of hydrogen-bond donors (Lipinski definition) is 3. The second-order valence-corrected chi connectivity index (χ2v) is 11.6. The fourth-order valence-electron chi connectivity index (χ4n) is 6.22. The summed E-state index contributed by atoms with van der Waals surface area (Å²) in [4.78, 5) is 33.5. The van der Waals surface area contributed by atoms with Crippen LogP contribution in [-0.4, -0.2) is 102 Å². The van der Waals surface area contributed by atoms with E-state index >= 15 is 0 Å². The number of carbonyl (C=O) groups excluding carboxylic acids is 1. The van der Waals surface area contributed by atoms with Crippen molar-refractivity contribution < 1.29 is 13.9 Å². The third-order valence-corrected chi connectivity index (χ3v) is 8.68. The number of anilines is 4. The molecule has 0 saturated carbocycles. The number of aryl methyl sites for hydroxylation is 1. The van der Waals surface area contributed by atoms with E-state index in [9.17, 15) is 4.79 Å². The lowest BCUT2D eigenvalue weighted by molar-refractivity contribution is 0.0904. The number of amides is 1. The molecule has 12 nitrogen and oxygen atoms in total. The summed E-state index contributed by atoms with van der Waals surface area (Å²) in [6.45, 7) is 10.2. The minimum absolute atomic E-state index is 0.0339. The molecule has 0 unspecified atom stereocenters. The molecule has 3 aromatic rings. The average Bonchev–Trinajstić information content (AvgIpc) is 3.53. The predicted molar refractivity (Wildman–Crippen MR) is 162 cm³/mol. The smallest absolute Gasteiger partial charge is 0.271 e. The van der Waals surface area contributed by atoms with Crippen molar-refractivity contribution in [3.63, 3.8) is 0 Å². The molecule has 1 amide bonds. The Balaban J connectivity index is 1.20. The first-order valence-corrected chi connectivity index (χ1v) is 14.9. The van der Waals surface area contributed by atoms with Gasteiger partial charge in [0.25, 0.3) is 5.91 Å². The minimum atomic E-state index is -0.681. The second kappa shape index (κ2) is 12.6. The second-order valence-electron chi connectivity index (χ2n) is 11.6. The Morgan fingerprint density at radius 3 is 2.43 bits per heavy atom. The quantitative estimate of drug-likeness (QED) is 0.365. The van der Waals surface area contributed by atoms with E-state index in [1.165, 1.54) is 38.0 Å². The van der Waals surface area contributed by atoms with Gasteiger partial charge in [-0.3, -0.25) is 9.69 Å². The van der Waals surface area contributed by atoms with Crippen molar-refractivity contribution in [1.82, 2.24) is 24.8 Å². The van der Waals surface area contributed by atoms with Crippen molar-refractivity contribution in [1.29, 1.82) is 0 Å². The Morgan fingerprint density at radius 1 is 1.00 bits per heavy atom. The van der Waals surface area contributed by atoms with Crippen LogP contribution in [0.25, 0.3) is 11.5 Å². The molecule has 12 heteroatoms. The fraction of sp³-hybridized carbons (Fsp3) is 0.533. The van der Waals surface area contributed by atoms with E-state index in [0.717, 1.165) is 50.3 Å². The molecule has 6 rings (SSSR count). The lowest BCUT2D eigenvalue weighted by Crippen LogP contribution is -2.52. The first kappa shape index (κ1) is 28.4. The molecule has 2 aromatic heterocycles. The van der Waals surface area contributed by atoms with E-state index in [-0.39, 0.29) is 11.7 Å². The summed E-state index contributed by atoms with van der Waals surface area (Å²) in [5, 5.41) is 6.79. The maximum absolute atomic E-state index is 12.5. The number of carbonyl (C=O) groups is 1. The summed E-state index contributed by atoms with van der Waals surface area (Å²) in [6, 6.07) is 7.09. The van der Waals surface area contributed by atoms with Crippen molar-refractivity contribution in [3.8, 4) is 11.5 Å². The number of nitrogens with zero attached hydrogens (tertiary/aromatic N) is 6. The SMILES string of the molecule is Cc1cc(Nc2nc(NC3CCOCC3)c(-c3cnco3)nc2C(N)=O)ccc1N1CCC(N2CCN(C)CC2)CC1. The fourth-order valence-corrected chi connectivity index (χ4v) is 6.22. The lowest BCUT2D eigenvalue weighted by Gasteiger charge is -2.43. The van der Waals surface area contributed by atoms with Crippen LogP contribution in [0.3, 0.4) is 0 Å². The number of hydrogen-bond acceptors (Lipinski definition) is 11. The Labute approximate surface area is 246 Å². The van der Waals surface area contributed by atoms with Crippen LogP contribution in [-0.2, 0) is 4.74 Å². The van der Waals surface area contributed by atoms with E-state index in [2.05, 4.69) is 61.4 Å². The third kappa shape index (κ3) is 6.35. The van der Waals surface area contributed by atoms with Crippen LogP contribution >= 0.6 is 0 Å². The predicted octanol–water partition coefficient (Wildman–Crippen LogP) is 3.09. The van der Waals surface area contributed by atoms with Crippen LogP contribution in [0.1, 0.15) is 41.7 Å². The van der Waals surface area contributed by atoms with E-state index in [4.69, 9.17) is 19.9 Å². The Morgan fingerprint density at radius 2 is 1.76 bits per heavy atom. The monoisotopic (exact) mass is 575 g/mol. The number of ether oxygens (including phenoxy) is 1. The van der Waals surface area contributed by atoms with E-state index in [1.54, 1.807) is 6.20 Å². The molecule has 4 N–H and O–H groups in total. The molecule has 42 heavy (non-hydrogen) atoms. The maximum atomic E-state index is 12.5. The number of oxazole rings is 1. The number of nitrogens with one attached hydrogen (secondary N) is 2. The van der Waals surface area contributed by atoms with Crippen molar-refractivity contribution in [3.05, 3.63) is 42.0 Å². The number of likely N-dealkylation sites (N-methyl/N-ethyl adjacent to an activating group) is 1. The molecule has 3 fully saturated rings. The lowest BCUT2D eigenvalue weighted by atomic mass is 10.0. The zero-order valence-corrected chi connectivity index (χ0v) is 24.5. The zero-order valence-electron chi connectivity index (χ0n) is 24.5. The number of nitrogens with two attached hydrogens (primary N) is 1. The van der Waals surface area contributed by atoms with Gasteiger partial charge in [-0.1, -0.05) is 0 Å². The molecule has 0 spiro atoms. The number of rotatable bonds is 8. The topological polar surface area (TPSA) is 138 Å². The highest BCUT2D eigenvalue weighted by Crippen LogP contribution is 2.32. The maximum Gasteiger partial charge on any atom is 0.271 e. The van der Waals surface area contributed by atoms with Gasteiger partial charge >= 0.3 is 0 Å². The molecule has 5 heterocycles. The molecule has 1 aromatic carbocycles. The summed E-state index contributed by atoms with van der Waals surface area (Å²) >= 11 is 0. The molecule has 3 aliphatic heterocycles. The number of piperazine rings is 1. The van der Waals surface area contributed by atoms with Gasteiger partial charge in [-0.25, -0.2) is 15.0 Å². The van der Waals surface area contributed by atoms with Crippen molar-refractivity contribution in [2.75, 3.05) is 75.1 Å². The Hall–Kier alpha value is -3.74. The van der Waals surface area contributed by atoms with Crippen LogP contribution in [0.15, 0.2) is 35.2 Å². The first-order chi connectivity index (χ1) is 20.4. The highest BCUT2D eigenvalue weighted by molar-refractivity contribution is 5.97. The van der Waals surface area contributed by atoms with Gasteiger partial charge in [-0.15, -0.1) is 0 Å². The van der Waals surface area contributed by atoms with Gasteiger partial charge in [0.2, 0.25) is 0 Å². The van der Waals surface area contributed by atoms with Crippen molar-refractivity contribution >= 4 is 28.9 Å². The van der Waals surface area contributed by atoms with Gasteiger partial charge in [0, 0.05) is 75.9 Å². The average molecular weight is 576 g/mol. The van der Waals surface area contributed by atoms with Gasteiger partial charge in [0.1, 0.15) is 0 Å². The van der Waals surface area contributed by atoms with Crippen LogP contribution in [0.5, 0.6) is 0 Å². The molecule has 0 aliphatic carbocycles. The number of piperidine rings is 1. The molecule has 224 valence electrons. The Bertz CT molecular complexity index is 1360. The molecule has 3 aliphatic rings. The largest absolute Gasteiger partial charge is 0.442 e. The summed E-state index contributed by atoms with van der Waals surface area (Å²) in [5.41, 5.74) is 9.40. The van der Waals surface area contributed by atoms with Gasteiger partial charge < -0.3 is 35.3 Å². The third-order valence-electron chi connectivity index (χ3n) is 8.68. The van der Waals surface area contributed by atoms with E-state index in [1.807, 2.05) is 6.07 Å². The highest BCUT2D eigenvalue weighted by atomic mass is 16.5. The van der Waals surface area contributed by atoms with Crippen LogP contribution in [0, 0.1) is 6.92 Å². The van der Waals surface area contributed by atoms with Gasteiger partial charge in [0.15, 0.2) is 35.2 Å². The number of benzene rings is 1. The molecule has 0 bridgehead atoms. The molecule has 0 atom stereocenters. The Kier molecular flexibility index (Phi) is 8.54.